The van der Waals surface area contributed by atoms with Crippen molar-refractivity contribution in [1.29, 1.82) is 0 Å². The first-order valence-electron chi connectivity index (χ1n) is 4.18. The number of non-ortho nitro benzene ring substituents is 1. The van der Waals surface area contributed by atoms with Gasteiger partial charge in [-0.05, 0) is 0 Å². The maximum absolute atomic E-state index is 12.0. The van der Waals surface area contributed by atoms with Crippen LogP contribution in [0.1, 0.15) is 0 Å². The third-order valence-corrected chi connectivity index (χ3v) is 2.17. The molecule has 0 saturated heterocycles. The van der Waals surface area contributed by atoms with Crippen molar-refractivity contribution in [1.82, 2.24) is 0 Å². The largest absolute Gasteiger partial charge is 1.00 e. The van der Waals surface area contributed by atoms with Crippen molar-refractivity contribution in [2.24, 2.45) is 0 Å². The molecule has 0 unspecified atom stereocenters. The number of ether oxygens (including phenoxy) is 1. The number of nitro benzene ring substituents is 1. The van der Waals surface area contributed by atoms with Gasteiger partial charge in [0.05, 0.1) is 21.5 Å². The molecule has 0 aliphatic rings. The van der Waals surface area contributed by atoms with Crippen LogP contribution < -0.4 is 56.1 Å². The maximum atomic E-state index is 12.0. The Kier molecular flexibility index (Phi) is 7.52. The van der Waals surface area contributed by atoms with Crippen LogP contribution in [-0.2, 0) is 0 Å². The molecule has 0 radical (unpaired) electrons. The van der Waals surface area contributed by atoms with E-state index >= 15 is 0 Å². The van der Waals surface area contributed by atoms with Crippen LogP contribution in [0.5, 0.6) is 5.75 Å². The molecule has 0 fully saturated rings. The number of hydrogen-bond acceptors (Lipinski definition) is 3. The van der Waals surface area contributed by atoms with Gasteiger partial charge in [0.15, 0.2) is 5.75 Å². The molecule has 1 aromatic carbocycles. The average Bonchev–Trinajstić information content (AvgIpc) is 2.14. The van der Waals surface area contributed by atoms with Crippen LogP contribution in [0.4, 0.5) is 18.6 Å². The fraction of sp³-hybridized carbons (Fsp3) is 0.143. The van der Waals surface area contributed by atoms with E-state index in [-0.39, 0.29) is 61.4 Å². The second kappa shape index (κ2) is 7.32. The zero-order chi connectivity index (χ0) is 13.2. The van der Waals surface area contributed by atoms with Crippen molar-refractivity contribution in [3.05, 3.63) is 32.3 Å². The van der Waals surface area contributed by atoms with Gasteiger partial charge in [-0.2, -0.15) is 0 Å². The molecular weight excluding hydrogens is 324 g/mol. The second-order valence-corrected chi connectivity index (χ2v) is 3.83. The summed E-state index contributed by atoms with van der Waals surface area (Å²) in [7, 11) is 0. The zero-order valence-electron chi connectivity index (χ0n) is 9.00. The predicted octanol–water partition coefficient (Wildman–Crippen LogP) is 0.671. The normalized spacial score (nSPS) is 10.7. The van der Waals surface area contributed by atoms with Gasteiger partial charge in [-0.1, -0.05) is 23.2 Å². The number of halogens is 5. The Hall–Kier alpha value is 0.491. The van der Waals surface area contributed by atoms with E-state index in [0.717, 1.165) is 12.1 Å². The molecular formula is C7H4BCl2F3KNO3. The number of benzene rings is 1. The molecule has 94 valence electrons. The van der Waals surface area contributed by atoms with Gasteiger partial charge in [0.2, 0.25) is 0 Å². The summed E-state index contributed by atoms with van der Waals surface area (Å²) in [5, 5.41) is 9.72. The summed E-state index contributed by atoms with van der Waals surface area (Å²) < 4.78 is 40.2. The van der Waals surface area contributed by atoms with Crippen molar-refractivity contribution in [2.45, 2.75) is 0 Å². The van der Waals surface area contributed by atoms with Crippen LogP contribution in [0, 0.1) is 10.1 Å². The Balaban J connectivity index is 0.00000289. The summed E-state index contributed by atoms with van der Waals surface area (Å²) in [4.78, 5) is 9.64. The van der Waals surface area contributed by atoms with Gasteiger partial charge in [-0.3, -0.25) is 10.1 Å². The van der Waals surface area contributed by atoms with Crippen LogP contribution in [0.3, 0.4) is 0 Å². The quantitative estimate of drug-likeness (QED) is 0.464. The van der Waals surface area contributed by atoms with Crippen molar-refractivity contribution in [3.8, 4) is 5.75 Å². The Bertz CT molecular complexity index is 437. The summed E-state index contributed by atoms with van der Waals surface area (Å²) in [6.07, 6.45) is 0. The third-order valence-electron chi connectivity index (χ3n) is 1.61. The Morgan fingerprint density at radius 3 is 2.06 bits per heavy atom. The minimum Gasteiger partial charge on any atom is -0.519 e. The molecule has 0 heterocycles. The monoisotopic (exact) mass is 327 g/mol. The van der Waals surface area contributed by atoms with E-state index < -0.39 is 29.8 Å². The van der Waals surface area contributed by atoms with E-state index in [2.05, 4.69) is 4.74 Å². The minimum atomic E-state index is -5.15. The summed E-state index contributed by atoms with van der Waals surface area (Å²) in [5.74, 6) is -0.418. The molecule has 0 N–H and O–H groups in total. The molecule has 0 bridgehead atoms. The van der Waals surface area contributed by atoms with E-state index in [9.17, 15) is 23.1 Å². The molecule has 1 aromatic rings. The van der Waals surface area contributed by atoms with Gasteiger partial charge in [-0.15, -0.1) is 0 Å². The van der Waals surface area contributed by atoms with Crippen molar-refractivity contribution in [2.75, 3.05) is 6.51 Å². The first kappa shape index (κ1) is 18.5. The van der Waals surface area contributed by atoms with Crippen LogP contribution in [-0.4, -0.2) is 18.4 Å². The summed E-state index contributed by atoms with van der Waals surface area (Å²) in [6.45, 7) is -6.67. The Morgan fingerprint density at radius 1 is 1.28 bits per heavy atom. The van der Waals surface area contributed by atoms with E-state index in [0.29, 0.717) is 0 Å². The van der Waals surface area contributed by atoms with Gasteiger partial charge in [0.1, 0.15) is 0 Å². The van der Waals surface area contributed by atoms with Gasteiger partial charge >= 0.3 is 58.4 Å². The maximum Gasteiger partial charge on any atom is 1.00 e. The molecule has 0 saturated carbocycles. The van der Waals surface area contributed by atoms with Crippen LogP contribution in [0.2, 0.25) is 10.0 Å². The van der Waals surface area contributed by atoms with Crippen molar-refractivity contribution in [3.63, 3.8) is 0 Å². The van der Waals surface area contributed by atoms with E-state index in [1.807, 2.05) is 0 Å². The first-order chi connectivity index (χ1) is 7.70. The molecule has 11 heteroatoms. The smallest absolute Gasteiger partial charge is 0.519 e. The van der Waals surface area contributed by atoms with Gasteiger partial charge < -0.3 is 17.7 Å². The fourth-order valence-corrected chi connectivity index (χ4v) is 1.55. The SMILES string of the molecule is O=[N+]([O-])c1cc(Cl)c(OC[B-](F)(F)F)c(Cl)c1.[K+]. The number of nitro groups is 1. The van der Waals surface area contributed by atoms with Crippen molar-refractivity contribution < 1.29 is 74.0 Å². The van der Waals surface area contributed by atoms with E-state index in [1.54, 1.807) is 0 Å². The fourth-order valence-electron chi connectivity index (χ4n) is 0.968. The van der Waals surface area contributed by atoms with Crippen LogP contribution in [0.25, 0.3) is 0 Å². The molecule has 0 aliphatic carbocycles. The van der Waals surface area contributed by atoms with Gasteiger partial charge in [-0.25, -0.2) is 0 Å². The molecule has 0 aliphatic heterocycles. The Labute approximate surface area is 152 Å². The standard InChI is InChI=1S/C7H4BCl2F3NO3.K/c9-5-1-4(14(15)16)2-6(10)7(5)17-3-8(11,12)13;/h1-2H,3H2;/q-1;+1. The molecule has 0 spiro atoms. The first-order valence-corrected chi connectivity index (χ1v) is 4.93. The molecule has 0 amide bonds. The Morgan fingerprint density at radius 2 is 1.72 bits per heavy atom. The van der Waals surface area contributed by atoms with E-state index in [1.165, 1.54) is 0 Å². The average molecular weight is 328 g/mol. The molecule has 0 atom stereocenters. The molecule has 1 rings (SSSR count). The van der Waals surface area contributed by atoms with Crippen LogP contribution >= 0.6 is 23.2 Å². The summed E-state index contributed by atoms with van der Waals surface area (Å²) >= 11 is 11.1. The zero-order valence-corrected chi connectivity index (χ0v) is 13.6. The molecule has 0 aromatic heterocycles. The molecule has 4 nitrogen and oxygen atoms in total. The predicted molar refractivity (Wildman–Crippen MR) is 57.7 cm³/mol. The number of rotatable bonds is 4. The minimum absolute atomic E-state index is 0. The topological polar surface area (TPSA) is 52.4 Å². The third kappa shape index (κ3) is 5.64. The second-order valence-electron chi connectivity index (χ2n) is 3.02. The van der Waals surface area contributed by atoms with Crippen LogP contribution in [0.15, 0.2) is 12.1 Å². The number of hydrogen-bond donors (Lipinski definition) is 0. The molecule has 18 heavy (non-hydrogen) atoms. The van der Waals surface area contributed by atoms with Gasteiger partial charge in [0, 0.05) is 12.1 Å². The van der Waals surface area contributed by atoms with Crippen molar-refractivity contribution >= 4 is 35.9 Å². The number of nitrogens with zero attached hydrogens (tertiary/aromatic N) is 1. The van der Waals surface area contributed by atoms with Gasteiger partial charge in [0.25, 0.3) is 5.69 Å². The van der Waals surface area contributed by atoms with E-state index in [4.69, 9.17) is 23.2 Å². The summed E-state index contributed by atoms with van der Waals surface area (Å²) in [6, 6.07) is 1.73. The summed E-state index contributed by atoms with van der Waals surface area (Å²) in [5.41, 5.74) is -0.426.